The van der Waals surface area contributed by atoms with Crippen molar-refractivity contribution < 1.29 is 14.3 Å². The second kappa shape index (κ2) is 9.75. The molecule has 116 valence electrons. The van der Waals surface area contributed by atoms with Crippen molar-refractivity contribution in [3.63, 3.8) is 0 Å². The van der Waals surface area contributed by atoms with Crippen LogP contribution in [0, 0.1) is 5.92 Å². The number of carbonyl (C=O) groups is 2. The zero-order valence-corrected chi connectivity index (χ0v) is 12.7. The predicted octanol–water partition coefficient (Wildman–Crippen LogP) is 1.61. The number of hydrogen-bond donors (Lipinski definition) is 2. The van der Waals surface area contributed by atoms with Gasteiger partial charge >= 0.3 is 5.97 Å². The first-order chi connectivity index (χ1) is 9.61. The Hall–Kier alpha value is -1.10. The summed E-state index contributed by atoms with van der Waals surface area (Å²) < 4.78 is 4.83. The Morgan fingerprint density at radius 2 is 1.90 bits per heavy atom. The third kappa shape index (κ3) is 7.48. The van der Waals surface area contributed by atoms with Crippen molar-refractivity contribution in [2.24, 2.45) is 5.92 Å². The van der Waals surface area contributed by atoms with E-state index in [1.54, 1.807) is 6.92 Å². The van der Waals surface area contributed by atoms with Crippen molar-refractivity contribution in [3.8, 4) is 0 Å². The Kier molecular flexibility index (Phi) is 8.26. The summed E-state index contributed by atoms with van der Waals surface area (Å²) in [6, 6.07) is 0.347. The van der Waals surface area contributed by atoms with E-state index in [0.29, 0.717) is 38.6 Å². The lowest BCUT2D eigenvalue weighted by Crippen LogP contribution is -2.42. The zero-order chi connectivity index (χ0) is 14.8. The standard InChI is InChI=1S/C15H28N2O3/c1-3-20-15(19)5-4-10-16-11-14(18)17-13-8-6-12(2)7-9-13/h12-13,16H,3-11H2,1-2H3,(H,17,18). The number of nitrogens with one attached hydrogen (secondary N) is 2. The molecule has 0 bridgehead atoms. The molecule has 1 aliphatic rings. The predicted molar refractivity (Wildman–Crippen MR) is 78.3 cm³/mol. The van der Waals surface area contributed by atoms with E-state index in [1.165, 1.54) is 12.8 Å². The van der Waals surface area contributed by atoms with Gasteiger partial charge in [0.2, 0.25) is 5.91 Å². The second-order valence-corrected chi connectivity index (χ2v) is 5.61. The Morgan fingerprint density at radius 3 is 2.55 bits per heavy atom. The van der Waals surface area contributed by atoms with Crippen LogP contribution in [0.5, 0.6) is 0 Å². The summed E-state index contributed by atoms with van der Waals surface area (Å²) in [6.45, 7) is 5.48. The lowest BCUT2D eigenvalue weighted by molar-refractivity contribution is -0.143. The van der Waals surface area contributed by atoms with Crippen molar-refractivity contribution in [1.82, 2.24) is 10.6 Å². The molecule has 0 spiro atoms. The van der Waals surface area contributed by atoms with Crippen LogP contribution < -0.4 is 10.6 Å². The van der Waals surface area contributed by atoms with Crippen LogP contribution in [0.1, 0.15) is 52.4 Å². The molecule has 0 atom stereocenters. The molecule has 0 unspecified atom stereocenters. The van der Waals surface area contributed by atoms with E-state index in [9.17, 15) is 9.59 Å². The molecule has 0 saturated heterocycles. The fraction of sp³-hybridized carbons (Fsp3) is 0.867. The Bertz CT molecular complexity index is 299. The molecule has 0 aromatic carbocycles. The highest BCUT2D eigenvalue weighted by atomic mass is 16.5. The van der Waals surface area contributed by atoms with E-state index >= 15 is 0 Å². The van der Waals surface area contributed by atoms with Crippen LogP contribution in [0.15, 0.2) is 0 Å². The van der Waals surface area contributed by atoms with Gasteiger partial charge in [0.15, 0.2) is 0 Å². The van der Waals surface area contributed by atoms with Crippen molar-refractivity contribution in [3.05, 3.63) is 0 Å². The highest BCUT2D eigenvalue weighted by Gasteiger charge is 2.19. The van der Waals surface area contributed by atoms with Gasteiger partial charge in [-0.15, -0.1) is 0 Å². The Balaban J connectivity index is 1.99. The smallest absolute Gasteiger partial charge is 0.305 e. The van der Waals surface area contributed by atoms with Gasteiger partial charge in [-0.2, -0.15) is 0 Å². The van der Waals surface area contributed by atoms with Gasteiger partial charge in [-0.25, -0.2) is 0 Å². The number of carbonyl (C=O) groups excluding carboxylic acids is 2. The first-order valence-electron chi connectivity index (χ1n) is 7.77. The summed E-state index contributed by atoms with van der Waals surface area (Å²) in [5, 5.41) is 6.13. The molecule has 0 heterocycles. The normalized spacial score (nSPS) is 22.3. The molecule has 1 saturated carbocycles. The highest BCUT2D eigenvalue weighted by molar-refractivity contribution is 5.78. The maximum absolute atomic E-state index is 11.7. The molecule has 1 amide bonds. The quantitative estimate of drug-likeness (QED) is 0.525. The highest BCUT2D eigenvalue weighted by Crippen LogP contribution is 2.23. The van der Waals surface area contributed by atoms with Gasteiger partial charge in [0.1, 0.15) is 0 Å². The minimum atomic E-state index is -0.171. The Morgan fingerprint density at radius 1 is 1.20 bits per heavy atom. The number of hydrogen-bond acceptors (Lipinski definition) is 4. The Labute approximate surface area is 121 Å². The van der Waals surface area contributed by atoms with E-state index in [2.05, 4.69) is 17.6 Å². The lowest BCUT2D eigenvalue weighted by Gasteiger charge is -2.26. The number of rotatable bonds is 8. The van der Waals surface area contributed by atoms with Crippen LogP contribution in [0.25, 0.3) is 0 Å². The largest absolute Gasteiger partial charge is 0.466 e. The minimum Gasteiger partial charge on any atom is -0.466 e. The topological polar surface area (TPSA) is 67.4 Å². The van der Waals surface area contributed by atoms with Crippen LogP contribution in [-0.2, 0) is 14.3 Å². The number of esters is 1. The SMILES string of the molecule is CCOC(=O)CCCNCC(=O)NC1CCC(C)CC1. The van der Waals surface area contributed by atoms with Gasteiger partial charge in [0.25, 0.3) is 0 Å². The average molecular weight is 284 g/mol. The van der Waals surface area contributed by atoms with Gasteiger partial charge in [-0.05, 0) is 51.5 Å². The summed E-state index contributed by atoms with van der Waals surface area (Å²) in [5.74, 6) is 0.680. The maximum atomic E-state index is 11.7. The number of amides is 1. The molecule has 5 nitrogen and oxygen atoms in total. The van der Waals surface area contributed by atoms with Gasteiger partial charge in [0.05, 0.1) is 13.2 Å². The molecule has 1 rings (SSSR count). The van der Waals surface area contributed by atoms with Gasteiger partial charge in [-0.1, -0.05) is 6.92 Å². The van der Waals surface area contributed by atoms with Crippen LogP contribution in [0.3, 0.4) is 0 Å². The summed E-state index contributed by atoms with van der Waals surface area (Å²) in [6.07, 6.45) is 5.71. The summed E-state index contributed by atoms with van der Waals surface area (Å²) >= 11 is 0. The van der Waals surface area contributed by atoms with E-state index in [0.717, 1.165) is 18.8 Å². The van der Waals surface area contributed by atoms with Crippen LogP contribution >= 0.6 is 0 Å². The fourth-order valence-corrected chi connectivity index (χ4v) is 2.48. The summed E-state index contributed by atoms with van der Waals surface area (Å²) in [4.78, 5) is 22.8. The molecule has 0 aromatic rings. The molecule has 1 aliphatic carbocycles. The van der Waals surface area contributed by atoms with Crippen LogP contribution in [0.4, 0.5) is 0 Å². The van der Waals surface area contributed by atoms with Crippen LogP contribution in [-0.4, -0.2) is 37.6 Å². The first kappa shape index (κ1) is 17.0. The molecule has 20 heavy (non-hydrogen) atoms. The van der Waals surface area contributed by atoms with Crippen molar-refractivity contribution in [1.29, 1.82) is 0 Å². The summed E-state index contributed by atoms with van der Waals surface area (Å²) in [7, 11) is 0. The van der Waals surface area contributed by atoms with Crippen LogP contribution in [0.2, 0.25) is 0 Å². The maximum Gasteiger partial charge on any atom is 0.305 e. The van der Waals surface area contributed by atoms with Gasteiger partial charge < -0.3 is 15.4 Å². The van der Waals surface area contributed by atoms with Crippen molar-refractivity contribution >= 4 is 11.9 Å². The molecule has 1 fully saturated rings. The molecule has 0 radical (unpaired) electrons. The van der Waals surface area contributed by atoms with Gasteiger partial charge in [0, 0.05) is 12.5 Å². The molecular weight excluding hydrogens is 256 g/mol. The fourth-order valence-electron chi connectivity index (χ4n) is 2.48. The van der Waals surface area contributed by atoms with Crippen molar-refractivity contribution in [2.75, 3.05) is 19.7 Å². The molecular formula is C15H28N2O3. The number of ether oxygens (including phenoxy) is 1. The van der Waals surface area contributed by atoms with E-state index in [1.807, 2.05) is 0 Å². The molecule has 0 aliphatic heterocycles. The molecule has 5 heteroatoms. The molecule has 0 aromatic heterocycles. The van der Waals surface area contributed by atoms with E-state index in [-0.39, 0.29) is 11.9 Å². The zero-order valence-electron chi connectivity index (χ0n) is 12.7. The van der Waals surface area contributed by atoms with E-state index < -0.39 is 0 Å². The average Bonchev–Trinajstić information content (AvgIpc) is 2.41. The first-order valence-corrected chi connectivity index (χ1v) is 7.77. The second-order valence-electron chi connectivity index (χ2n) is 5.61. The minimum absolute atomic E-state index is 0.0562. The van der Waals surface area contributed by atoms with Gasteiger partial charge in [-0.3, -0.25) is 9.59 Å². The molecule has 2 N–H and O–H groups in total. The van der Waals surface area contributed by atoms with Crippen molar-refractivity contribution in [2.45, 2.75) is 58.4 Å². The third-order valence-corrected chi connectivity index (χ3v) is 3.71. The summed E-state index contributed by atoms with van der Waals surface area (Å²) in [5.41, 5.74) is 0. The monoisotopic (exact) mass is 284 g/mol. The lowest BCUT2D eigenvalue weighted by atomic mass is 9.87. The third-order valence-electron chi connectivity index (χ3n) is 3.71. The van der Waals surface area contributed by atoms with E-state index in [4.69, 9.17) is 4.74 Å².